The number of rotatable bonds is 2. The van der Waals surface area contributed by atoms with E-state index < -0.39 is 0 Å². The molecule has 0 atom stereocenters. The van der Waals surface area contributed by atoms with Crippen molar-refractivity contribution in [2.45, 2.75) is 32.7 Å². The number of carbonyl (C=O) groups excluding carboxylic acids is 1. The first-order chi connectivity index (χ1) is 12.5. The molecule has 1 aromatic carbocycles. The van der Waals surface area contributed by atoms with E-state index in [9.17, 15) is 9.59 Å². The molecule has 134 valence electrons. The van der Waals surface area contributed by atoms with Gasteiger partial charge in [-0.2, -0.15) is 0 Å². The summed E-state index contributed by atoms with van der Waals surface area (Å²) in [5.74, 6) is 1.92. The maximum Gasteiger partial charge on any atom is 0.289 e. The van der Waals surface area contributed by atoms with Gasteiger partial charge in [0.1, 0.15) is 17.2 Å². The molecule has 3 heterocycles. The van der Waals surface area contributed by atoms with E-state index in [1.54, 1.807) is 29.2 Å². The summed E-state index contributed by atoms with van der Waals surface area (Å²) in [7, 11) is 0. The number of hydrogen-bond acceptors (Lipinski definition) is 5. The van der Waals surface area contributed by atoms with E-state index in [1.165, 1.54) is 6.07 Å². The molecular formula is C19H20N4O3. The van der Waals surface area contributed by atoms with Crippen molar-refractivity contribution in [2.75, 3.05) is 13.1 Å². The largest absolute Gasteiger partial charge is 0.451 e. The molecule has 4 rings (SSSR count). The smallest absolute Gasteiger partial charge is 0.289 e. The zero-order chi connectivity index (χ0) is 18.3. The Morgan fingerprint density at radius 1 is 1.15 bits per heavy atom. The molecule has 0 fully saturated rings. The van der Waals surface area contributed by atoms with Crippen molar-refractivity contribution in [1.29, 1.82) is 0 Å². The molecule has 0 unspecified atom stereocenters. The van der Waals surface area contributed by atoms with E-state index in [2.05, 4.69) is 28.6 Å². The zero-order valence-electron chi connectivity index (χ0n) is 14.8. The first kappa shape index (κ1) is 16.5. The van der Waals surface area contributed by atoms with Gasteiger partial charge in [-0.05, 0) is 12.1 Å². The molecule has 2 aromatic heterocycles. The highest BCUT2D eigenvalue weighted by molar-refractivity contribution is 5.93. The minimum absolute atomic E-state index is 0.0791. The molecule has 0 saturated carbocycles. The minimum Gasteiger partial charge on any atom is -0.451 e. The van der Waals surface area contributed by atoms with Crippen LogP contribution in [0, 0.1) is 0 Å². The Morgan fingerprint density at radius 2 is 1.96 bits per heavy atom. The zero-order valence-corrected chi connectivity index (χ0v) is 14.8. The van der Waals surface area contributed by atoms with Crippen molar-refractivity contribution < 1.29 is 9.21 Å². The van der Waals surface area contributed by atoms with E-state index in [-0.39, 0.29) is 23.0 Å². The van der Waals surface area contributed by atoms with Gasteiger partial charge in [0.25, 0.3) is 5.91 Å². The van der Waals surface area contributed by atoms with Gasteiger partial charge in [-0.1, -0.05) is 26.0 Å². The van der Waals surface area contributed by atoms with E-state index in [1.807, 2.05) is 0 Å². The van der Waals surface area contributed by atoms with Gasteiger partial charge in [0.2, 0.25) is 0 Å². The summed E-state index contributed by atoms with van der Waals surface area (Å²) in [5, 5.41) is 9.00. The summed E-state index contributed by atoms with van der Waals surface area (Å²) < 4.78 is 7.78. The molecule has 0 radical (unpaired) electrons. The fourth-order valence-electron chi connectivity index (χ4n) is 3.34. The third-order valence-corrected chi connectivity index (χ3v) is 4.70. The SMILES string of the molecule is CC(C)c1nnc2n1CCN(C(=O)c1cc(=O)c3ccccc3o1)CC2. The lowest BCUT2D eigenvalue weighted by Gasteiger charge is -2.19. The average molecular weight is 352 g/mol. The van der Waals surface area contributed by atoms with E-state index in [0.717, 1.165) is 11.6 Å². The standard InChI is InChI=1S/C19H20N4O3/c1-12(2)18-21-20-17-7-8-22(9-10-23(17)18)19(25)16-11-14(24)13-5-3-4-6-15(13)26-16/h3-6,11-12H,7-10H2,1-2H3. The first-order valence-electron chi connectivity index (χ1n) is 8.78. The summed E-state index contributed by atoms with van der Waals surface area (Å²) in [6.45, 7) is 5.84. The predicted octanol–water partition coefficient (Wildman–Crippen LogP) is 2.21. The number of benzene rings is 1. The maximum absolute atomic E-state index is 12.9. The minimum atomic E-state index is -0.266. The van der Waals surface area contributed by atoms with Crippen molar-refractivity contribution in [1.82, 2.24) is 19.7 Å². The lowest BCUT2D eigenvalue weighted by molar-refractivity contribution is 0.0727. The summed E-state index contributed by atoms with van der Waals surface area (Å²) in [6, 6.07) is 8.24. The van der Waals surface area contributed by atoms with Crippen molar-refractivity contribution >= 4 is 16.9 Å². The fourth-order valence-corrected chi connectivity index (χ4v) is 3.34. The van der Waals surface area contributed by atoms with Gasteiger partial charge < -0.3 is 13.9 Å². The Hall–Kier alpha value is -2.96. The van der Waals surface area contributed by atoms with Crippen molar-refractivity contribution in [3.63, 3.8) is 0 Å². The molecule has 7 heteroatoms. The predicted molar refractivity (Wildman–Crippen MR) is 96.2 cm³/mol. The number of hydrogen-bond donors (Lipinski definition) is 0. The van der Waals surface area contributed by atoms with Crippen molar-refractivity contribution in [3.8, 4) is 0 Å². The Balaban J connectivity index is 1.61. The van der Waals surface area contributed by atoms with Crippen LogP contribution in [0.15, 0.2) is 39.5 Å². The number of carbonyl (C=O) groups is 1. The Morgan fingerprint density at radius 3 is 2.77 bits per heavy atom. The number of nitrogens with zero attached hydrogens (tertiary/aromatic N) is 4. The van der Waals surface area contributed by atoms with Crippen molar-refractivity contribution in [2.24, 2.45) is 0 Å². The quantitative estimate of drug-likeness (QED) is 0.706. The van der Waals surface area contributed by atoms with E-state index in [4.69, 9.17) is 4.42 Å². The van der Waals surface area contributed by atoms with Gasteiger partial charge in [0.05, 0.1) is 5.39 Å². The first-order valence-corrected chi connectivity index (χ1v) is 8.78. The third kappa shape index (κ3) is 2.79. The summed E-state index contributed by atoms with van der Waals surface area (Å²) in [6.07, 6.45) is 0.628. The normalized spacial score (nSPS) is 14.5. The van der Waals surface area contributed by atoms with Crippen LogP contribution in [0.2, 0.25) is 0 Å². The number of aromatic nitrogens is 3. The molecule has 0 aliphatic carbocycles. The molecule has 7 nitrogen and oxygen atoms in total. The molecule has 0 spiro atoms. The molecule has 1 amide bonds. The molecule has 1 aliphatic heterocycles. The highest BCUT2D eigenvalue weighted by Gasteiger charge is 2.25. The number of para-hydroxylation sites is 1. The maximum atomic E-state index is 12.9. The lowest BCUT2D eigenvalue weighted by Crippen LogP contribution is -2.34. The Bertz CT molecular complexity index is 1030. The molecule has 0 saturated heterocycles. The average Bonchev–Trinajstić information content (AvgIpc) is 2.93. The van der Waals surface area contributed by atoms with E-state index >= 15 is 0 Å². The summed E-state index contributed by atoms with van der Waals surface area (Å²) in [5.41, 5.74) is 0.224. The highest BCUT2D eigenvalue weighted by Crippen LogP contribution is 2.18. The third-order valence-electron chi connectivity index (χ3n) is 4.70. The molecule has 26 heavy (non-hydrogen) atoms. The van der Waals surface area contributed by atoms with Crippen LogP contribution in [0.1, 0.15) is 42.0 Å². The van der Waals surface area contributed by atoms with Gasteiger partial charge in [-0.3, -0.25) is 9.59 Å². The Labute approximate surface area is 150 Å². The molecule has 3 aromatic rings. The number of fused-ring (bicyclic) bond motifs is 2. The van der Waals surface area contributed by atoms with Crippen LogP contribution in [0.3, 0.4) is 0 Å². The lowest BCUT2D eigenvalue weighted by atomic mass is 10.2. The molecule has 0 N–H and O–H groups in total. The van der Waals surface area contributed by atoms with E-state index in [0.29, 0.717) is 37.0 Å². The van der Waals surface area contributed by atoms with Crippen LogP contribution < -0.4 is 5.43 Å². The van der Waals surface area contributed by atoms with Crippen LogP contribution in [0.5, 0.6) is 0 Å². The molecule has 1 aliphatic rings. The topological polar surface area (TPSA) is 81.2 Å². The fraction of sp³-hybridized carbons (Fsp3) is 0.368. The summed E-state index contributed by atoms with van der Waals surface area (Å²) in [4.78, 5) is 26.9. The van der Waals surface area contributed by atoms with Gasteiger partial charge in [-0.15, -0.1) is 10.2 Å². The highest BCUT2D eigenvalue weighted by atomic mass is 16.3. The second kappa shape index (κ2) is 6.40. The van der Waals surface area contributed by atoms with Gasteiger partial charge in [0, 0.05) is 38.0 Å². The van der Waals surface area contributed by atoms with Crippen LogP contribution >= 0.6 is 0 Å². The Kier molecular flexibility index (Phi) is 4.06. The summed E-state index contributed by atoms with van der Waals surface area (Å²) >= 11 is 0. The van der Waals surface area contributed by atoms with Crippen LogP contribution in [0.25, 0.3) is 11.0 Å². The second-order valence-electron chi connectivity index (χ2n) is 6.79. The number of amides is 1. The molecular weight excluding hydrogens is 332 g/mol. The van der Waals surface area contributed by atoms with Crippen LogP contribution in [-0.4, -0.2) is 38.7 Å². The molecule has 0 bridgehead atoms. The van der Waals surface area contributed by atoms with Crippen molar-refractivity contribution in [3.05, 3.63) is 58.0 Å². The van der Waals surface area contributed by atoms with Crippen LogP contribution in [0.4, 0.5) is 0 Å². The van der Waals surface area contributed by atoms with Gasteiger partial charge in [0.15, 0.2) is 11.2 Å². The second-order valence-corrected chi connectivity index (χ2v) is 6.79. The monoisotopic (exact) mass is 352 g/mol. The van der Waals surface area contributed by atoms with Gasteiger partial charge >= 0.3 is 0 Å². The van der Waals surface area contributed by atoms with Gasteiger partial charge in [-0.25, -0.2) is 0 Å². The van der Waals surface area contributed by atoms with Crippen LogP contribution in [-0.2, 0) is 13.0 Å².